The molecule has 1 fully saturated rings. The molecule has 2 aromatic heterocycles. The summed E-state index contributed by atoms with van der Waals surface area (Å²) in [7, 11) is 0. The van der Waals surface area contributed by atoms with Crippen molar-refractivity contribution < 1.29 is 13.2 Å². The molecular formula is C20H16ClF3N4S. The van der Waals surface area contributed by atoms with E-state index in [9.17, 15) is 13.2 Å². The molecule has 4 rings (SSSR count). The number of rotatable bonds is 5. The Bertz CT molecular complexity index is 1020. The van der Waals surface area contributed by atoms with Gasteiger partial charge in [0.1, 0.15) is 21.6 Å². The normalized spacial score (nSPS) is 16.3. The molecule has 1 N–H and O–H groups in total. The molecule has 1 saturated heterocycles. The van der Waals surface area contributed by atoms with E-state index in [0.29, 0.717) is 30.7 Å². The third-order valence-electron chi connectivity index (χ3n) is 4.78. The summed E-state index contributed by atoms with van der Waals surface area (Å²) in [5.41, 5.74) is 1.46. The van der Waals surface area contributed by atoms with Crippen molar-refractivity contribution in [2.24, 2.45) is 0 Å². The minimum absolute atomic E-state index is 0.140. The number of hydrogen-bond acceptors (Lipinski definition) is 5. The Kier molecular flexibility index (Phi) is 5.82. The highest BCUT2D eigenvalue weighted by Crippen LogP contribution is 2.40. The summed E-state index contributed by atoms with van der Waals surface area (Å²) in [6, 6.07) is 9.25. The van der Waals surface area contributed by atoms with E-state index in [4.69, 9.17) is 11.6 Å². The second kappa shape index (κ2) is 8.51. The Balaban J connectivity index is 1.52. The zero-order chi connectivity index (χ0) is 20.4. The zero-order valence-electron chi connectivity index (χ0n) is 15.1. The van der Waals surface area contributed by atoms with E-state index in [0.717, 1.165) is 12.0 Å². The fraction of sp³-hybridized carbons (Fsp3) is 0.200. The van der Waals surface area contributed by atoms with Gasteiger partial charge in [0.25, 0.3) is 0 Å². The number of aromatic nitrogens is 2. The molecule has 0 amide bonds. The van der Waals surface area contributed by atoms with E-state index < -0.39 is 17.6 Å². The third kappa shape index (κ3) is 4.28. The molecule has 0 spiro atoms. The van der Waals surface area contributed by atoms with Crippen LogP contribution in [0.25, 0.3) is 0 Å². The highest BCUT2D eigenvalue weighted by Gasteiger charge is 2.28. The molecule has 1 unspecified atom stereocenters. The Morgan fingerprint density at radius 1 is 1.14 bits per heavy atom. The molecule has 9 heteroatoms. The summed E-state index contributed by atoms with van der Waals surface area (Å²) in [6.07, 6.45) is 4.32. The molecule has 3 aromatic rings. The number of anilines is 2. The van der Waals surface area contributed by atoms with Gasteiger partial charge in [-0.3, -0.25) is 4.98 Å². The van der Waals surface area contributed by atoms with E-state index in [1.165, 1.54) is 24.3 Å². The van der Waals surface area contributed by atoms with E-state index in [2.05, 4.69) is 14.7 Å². The highest BCUT2D eigenvalue weighted by atomic mass is 35.5. The van der Waals surface area contributed by atoms with Crippen molar-refractivity contribution in [2.75, 3.05) is 22.7 Å². The number of hydrogen-bond donors (Lipinski definition) is 1. The Labute approximate surface area is 175 Å². The van der Waals surface area contributed by atoms with Crippen molar-refractivity contribution in [1.82, 2.24) is 9.97 Å². The van der Waals surface area contributed by atoms with Crippen LogP contribution in [-0.2, 0) is 0 Å². The molecule has 0 aliphatic carbocycles. The fourth-order valence-electron chi connectivity index (χ4n) is 3.34. The van der Waals surface area contributed by atoms with Crippen molar-refractivity contribution in [3.8, 4) is 0 Å². The van der Waals surface area contributed by atoms with Gasteiger partial charge >= 0.3 is 0 Å². The predicted octanol–water partition coefficient (Wildman–Crippen LogP) is 5.66. The summed E-state index contributed by atoms with van der Waals surface area (Å²) < 4.78 is 45.3. The van der Waals surface area contributed by atoms with E-state index in [1.54, 1.807) is 12.4 Å². The topological polar surface area (TPSA) is 41.0 Å². The van der Waals surface area contributed by atoms with Gasteiger partial charge in [0.05, 0.1) is 5.69 Å². The van der Waals surface area contributed by atoms with Gasteiger partial charge < -0.3 is 9.62 Å². The van der Waals surface area contributed by atoms with E-state index >= 15 is 0 Å². The number of nitrogens with one attached hydrogen (secondary N) is 1. The minimum Gasteiger partial charge on any atom is -0.370 e. The van der Waals surface area contributed by atoms with Gasteiger partial charge in [0.2, 0.25) is 5.95 Å². The van der Waals surface area contributed by atoms with Crippen LogP contribution in [0.2, 0.25) is 5.02 Å². The maximum Gasteiger partial charge on any atom is 0.214 e. The monoisotopic (exact) mass is 436 g/mol. The molecular weight excluding hydrogens is 421 g/mol. The first-order chi connectivity index (χ1) is 14.0. The van der Waals surface area contributed by atoms with Crippen LogP contribution in [0.5, 0.6) is 0 Å². The lowest BCUT2D eigenvalue weighted by Gasteiger charge is -2.21. The summed E-state index contributed by atoms with van der Waals surface area (Å²) in [5, 5.41) is -0.140. The van der Waals surface area contributed by atoms with Crippen molar-refractivity contribution in [3.63, 3.8) is 0 Å². The van der Waals surface area contributed by atoms with Crippen LogP contribution in [0.3, 0.4) is 0 Å². The van der Waals surface area contributed by atoms with Crippen LogP contribution in [0.1, 0.15) is 17.9 Å². The van der Waals surface area contributed by atoms with Crippen LogP contribution in [-0.4, -0.2) is 23.1 Å². The molecule has 1 aliphatic heterocycles. The van der Waals surface area contributed by atoms with Crippen molar-refractivity contribution in [1.29, 1.82) is 0 Å². The van der Waals surface area contributed by atoms with Gasteiger partial charge in [-0.25, -0.2) is 13.8 Å². The number of nitrogens with zero attached hydrogens (tertiary/aromatic N) is 3. The molecule has 1 atom stereocenters. The van der Waals surface area contributed by atoms with Crippen LogP contribution < -0.4 is 9.62 Å². The van der Waals surface area contributed by atoms with Crippen LogP contribution in [0.15, 0.2) is 53.7 Å². The van der Waals surface area contributed by atoms with Gasteiger partial charge in [-0.2, -0.15) is 4.39 Å². The Morgan fingerprint density at radius 2 is 1.93 bits per heavy atom. The van der Waals surface area contributed by atoms with Crippen LogP contribution >= 0.6 is 23.5 Å². The van der Waals surface area contributed by atoms with Crippen LogP contribution in [0, 0.1) is 17.6 Å². The van der Waals surface area contributed by atoms with E-state index in [-0.39, 0.29) is 21.7 Å². The molecule has 3 heterocycles. The lowest BCUT2D eigenvalue weighted by molar-refractivity contribution is 0.540. The zero-order valence-corrected chi connectivity index (χ0v) is 16.7. The van der Waals surface area contributed by atoms with Gasteiger partial charge in [-0.1, -0.05) is 17.7 Å². The molecule has 1 aliphatic rings. The fourth-order valence-corrected chi connectivity index (χ4v) is 4.34. The maximum absolute atomic E-state index is 14.8. The largest absolute Gasteiger partial charge is 0.370 e. The number of benzene rings is 1. The first kappa shape index (κ1) is 19.8. The van der Waals surface area contributed by atoms with Gasteiger partial charge in [-0.05, 0) is 48.2 Å². The molecule has 0 bridgehead atoms. The predicted molar refractivity (Wildman–Crippen MR) is 109 cm³/mol. The highest BCUT2D eigenvalue weighted by molar-refractivity contribution is 8.00. The maximum atomic E-state index is 14.8. The minimum atomic E-state index is -0.858. The quantitative estimate of drug-likeness (QED) is 0.317. The molecule has 0 saturated carbocycles. The second-order valence-electron chi connectivity index (χ2n) is 6.60. The standard InChI is InChI=1S/C20H16ClF3N4S/c21-18-15(28-9-6-13(11-28)12-4-7-25-8-5-12)10-14(22)20(19(18)24)29-27-17-3-1-2-16(23)26-17/h1-5,7-8,10,13H,6,9,11H2,(H,26,27). The summed E-state index contributed by atoms with van der Waals surface area (Å²) >= 11 is 6.90. The number of halogens is 4. The van der Waals surface area contributed by atoms with Crippen molar-refractivity contribution >= 4 is 35.1 Å². The first-order valence-corrected chi connectivity index (χ1v) is 10.1. The van der Waals surface area contributed by atoms with E-state index in [1.807, 2.05) is 17.0 Å². The molecule has 4 nitrogen and oxygen atoms in total. The van der Waals surface area contributed by atoms with Crippen molar-refractivity contribution in [3.05, 3.63) is 77.0 Å². The SMILES string of the molecule is Fc1cccc(NSc2c(F)cc(N3CCC(c4ccncc4)C3)c(Cl)c2F)n1. The average molecular weight is 437 g/mol. The lowest BCUT2D eigenvalue weighted by Crippen LogP contribution is -2.20. The smallest absolute Gasteiger partial charge is 0.214 e. The molecule has 150 valence electrons. The van der Waals surface area contributed by atoms with Gasteiger partial charge in [-0.15, -0.1) is 0 Å². The summed E-state index contributed by atoms with van der Waals surface area (Å²) in [6.45, 7) is 1.25. The summed E-state index contributed by atoms with van der Waals surface area (Å²) in [5.74, 6) is -1.91. The lowest BCUT2D eigenvalue weighted by atomic mass is 10.00. The summed E-state index contributed by atoms with van der Waals surface area (Å²) in [4.78, 5) is 9.20. The van der Waals surface area contributed by atoms with Gasteiger partial charge in [0.15, 0.2) is 5.82 Å². The second-order valence-corrected chi connectivity index (χ2v) is 7.79. The van der Waals surface area contributed by atoms with Gasteiger partial charge in [0, 0.05) is 37.5 Å². The number of pyridine rings is 2. The average Bonchev–Trinajstić information content (AvgIpc) is 3.21. The molecule has 1 aromatic carbocycles. The third-order valence-corrected chi connectivity index (χ3v) is 6.03. The first-order valence-electron chi connectivity index (χ1n) is 8.90. The Hall–Kier alpha value is -2.45. The van der Waals surface area contributed by atoms with Crippen molar-refractivity contribution in [2.45, 2.75) is 17.2 Å². The Morgan fingerprint density at radius 3 is 2.69 bits per heavy atom. The molecule has 0 radical (unpaired) electrons. The molecule has 29 heavy (non-hydrogen) atoms. The van der Waals surface area contributed by atoms with Crippen LogP contribution in [0.4, 0.5) is 24.7 Å².